The van der Waals surface area contributed by atoms with Crippen LogP contribution in [0.4, 0.5) is 0 Å². The number of piperidine rings is 2. The van der Waals surface area contributed by atoms with Gasteiger partial charge in [0.15, 0.2) is 0 Å². The van der Waals surface area contributed by atoms with Crippen LogP contribution < -0.4 is 10.6 Å². The fourth-order valence-corrected chi connectivity index (χ4v) is 4.38. The van der Waals surface area contributed by atoms with Crippen LogP contribution in [0.15, 0.2) is 30.5 Å². The summed E-state index contributed by atoms with van der Waals surface area (Å²) in [5, 5.41) is 18.0. The molecule has 0 saturated carbocycles. The summed E-state index contributed by atoms with van der Waals surface area (Å²) in [4.78, 5) is 28.0. The molecule has 3 N–H and O–H groups in total. The number of benzene rings is 1. The monoisotopic (exact) mass is 367 g/mol. The van der Waals surface area contributed by atoms with Crippen molar-refractivity contribution in [3.8, 4) is 0 Å². The predicted octanol–water partition coefficient (Wildman–Crippen LogP) is 2.10. The van der Waals surface area contributed by atoms with Gasteiger partial charge in [0.1, 0.15) is 0 Å². The first-order valence-corrected chi connectivity index (χ1v) is 9.47. The maximum atomic E-state index is 12.2. The normalized spacial score (nSPS) is 28.2. The largest absolute Gasteiger partial charge is 0.385 e. The molecule has 2 unspecified atom stereocenters. The topological polar surface area (TPSA) is 91.3 Å². The average Bonchev–Trinajstić information content (AvgIpc) is 2.60. The first kappa shape index (κ1) is 18.1. The lowest BCUT2D eigenvalue weighted by Gasteiger charge is -2.42. The molecule has 2 amide bonds. The number of hydrogen-bond acceptors (Lipinski definition) is 5. The Morgan fingerprint density at radius 2 is 2.04 bits per heavy atom. The number of fused-ring (bicyclic) bond motifs is 1. The van der Waals surface area contributed by atoms with Gasteiger partial charge in [0.05, 0.1) is 17.0 Å². The molecule has 1 aromatic heterocycles. The molecule has 0 radical (unpaired) electrons. The number of aliphatic hydroxyl groups is 1. The SMILES string of the molecule is CC1(C)CC(O)(c2ccc3ncc(C4CCC(=O)NC4=O)cc3c2)CCN1. The molecule has 2 atom stereocenters. The van der Waals surface area contributed by atoms with Crippen LogP contribution in [0.3, 0.4) is 0 Å². The number of rotatable bonds is 2. The molecule has 2 saturated heterocycles. The zero-order chi connectivity index (χ0) is 19.2. The third kappa shape index (κ3) is 3.47. The van der Waals surface area contributed by atoms with Crippen LogP contribution in [-0.4, -0.2) is 34.0 Å². The van der Waals surface area contributed by atoms with Gasteiger partial charge in [-0.25, -0.2) is 0 Å². The Kier molecular flexibility index (Phi) is 4.28. The molecule has 2 aromatic rings. The van der Waals surface area contributed by atoms with Gasteiger partial charge in [-0.3, -0.25) is 19.9 Å². The summed E-state index contributed by atoms with van der Waals surface area (Å²) in [6, 6.07) is 7.81. The lowest BCUT2D eigenvalue weighted by Crippen LogP contribution is -2.52. The number of nitrogens with zero attached hydrogens (tertiary/aromatic N) is 1. The summed E-state index contributed by atoms with van der Waals surface area (Å²) in [5.74, 6) is -0.838. The quantitative estimate of drug-likeness (QED) is 0.707. The molecule has 0 bridgehead atoms. The lowest BCUT2D eigenvalue weighted by molar-refractivity contribution is -0.134. The summed E-state index contributed by atoms with van der Waals surface area (Å²) in [6.45, 7) is 4.96. The second-order valence-electron chi connectivity index (χ2n) is 8.45. The van der Waals surface area contributed by atoms with Gasteiger partial charge >= 0.3 is 0 Å². The molecule has 0 spiro atoms. The van der Waals surface area contributed by atoms with Crippen LogP contribution in [0.25, 0.3) is 10.9 Å². The highest BCUT2D eigenvalue weighted by Gasteiger charge is 2.39. The first-order valence-electron chi connectivity index (χ1n) is 9.47. The molecule has 1 aromatic carbocycles. The van der Waals surface area contributed by atoms with E-state index in [9.17, 15) is 14.7 Å². The minimum Gasteiger partial charge on any atom is -0.385 e. The molecular weight excluding hydrogens is 342 g/mol. The highest BCUT2D eigenvalue weighted by Crippen LogP contribution is 2.38. The van der Waals surface area contributed by atoms with Gasteiger partial charge in [-0.2, -0.15) is 0 Å². The number of imide groups is 1. The Morgan fingerprint density at radius 1 is 1.22 bits per heavy atom. The van der Waals surface area contributed by atoms with E-state index < -0.39 is 5.60 Å². The first-order chi connectivity index (χ1) is 12.8. The van der Waals surface area contributed by atoms with Crippen molar-refractivity contribution in [1.29, 1.82) is 0 Å². The van der Waals surface area contributed by atoms with E-state index in [1.807, 2.05) is 24.3 Å². The number of pyridine rings is 1. The van der Waals surface area contributed by atoms with E-state index >= 15 is 0 Å². The number of carbonyl (C=O) groups is 2. The Labute approximate surface area is 158 Å². The van der Waals surface area contributed by atoms with Gasteiger partial charge in [-0.05, 0) is 69.0 Å². The van der Waals surface area contributed by atoms with E-state index in [4.69, 9.17) is 0 Å². The van der Waals surface area contributed by atoms with Crippen molar-refractivity contribution in [2.45, 2.75) is 56.6 Å². The second kappa shape index (κ2) is 6.39. The summed E-state index contributed by atoms with van der Waals surface area (Å²) < 4.78 is 0. The molecule has 0 aliphatic carbocycles. The molecule has 6 heteroatoms. The Balaban J connectivity index is 1.69. The standard InChI is InChI=1S/C21H25N3O3/c1-20(2)12-21(27,7-8-23-20)15-3-5-17-13(10-15)9-14(11-22-17)16-4-6-18(25)24-19(16)26/h3,5,9-11,16,23,27H,4,6-8,12H2,1-2H3,(H,24,25,26). The van der Waals surface area contributed by atoms with Gasteiger partial charge in [0, 0.05) is 23.5 Å². The summed E-state index contributed by atoms with van der Waals surface area (Å²) in [5.41, 5.74) is 1.50. The van der Waals surface area contributed by atoms with Crippen LogP contribution in [-0.2, 0) is 15.2 Å². The number of carbonyl (C=O) groups excluding carboxylic acids is 2. The van der Waals surface area contributed by atoms with E-state index in [0.29, 0.717) is 25.7 Å². The van der Waals surface area contributed by atoms with E-state index in [1.54, 1.807) is 6.20 Å². The maximum absolute atomic E-state index is 12.2. The van der Waals surface area contributed by atoms with E-state index in [1.165, 1.54) is 0 Å². The van der Waals surface area contributed by atoms with E-state index in [0.717, 1.165) is 28.6 Å². The highest BCUT2D eigenvalue weighted by molar-refractivity contribution is 6.01. The number of amides is 2. The van der Waals surface area contributed by atoms with Crippen LogP contribution >= 0.6 is 0 Å². The average molecular weight is 367 g/mol. The van der Waals surface area contributed by atoms with Crippen molar-refractivity contribution in [2.75, 3.05) is 6.54 Å². The summed E-state index contributed by atoms with van der Waals surface area (Å²) >= 11 is 0. The molecule has 2 aliphatic rings. The number of nitrogens with one attached hydrogen (secondary N) is 2. The molecular formula is C21H25N3O3. The third-order valence-corrected chi connectivity index (χ3v) is 5.76. The minimum absolute atomic E-state index is 0.130. The van der Waals surface area contributed by atoms with Crippen molar-refractivity contribution in [3.63, 3.8) is 0 Å². The van der Waals surface area contributed by atoms with Crippen molar-refractivity contribution >= 4 is 22.7 Å². The van der Waals surface area contributed by atoms with Crippen molar-refractivity contribution in [3.05, 3.63) is 41.6 Å². The van der Waals surface area contributed by atoms with Crippen molar-refractivity contribution in [2.24, 2.45) is 0 Å². The maximum Gasteiger partial charge on any atom is 0.234 e. The van der Waals surface area contributed by atoms with Gasteiger partial charge in [-0.1, -0.05) is 6.07 Å². The van der Waals surface area contributed by atoms with Crippen LogP contribution in [0.5, 0.6) is 0 Å². The van der Waals surface area contributed by atoms with E-state index in [2.05, 4.69) is 29.5 Å². The van der Waals surface area contributed by atoms with Gasteiger partial charge < -0.3 is 10.4 Å². The molecule has 3 heterocycles. The number of hydrogen-bond donors (Lipinski definition) is 3. The Bertz CT molecular complexity index is 924. The summed E-state index contributed by atoms with van der Waals surface area (Å²) in [7, 11) is 0. The van der Waals surface area contributed by atoms with Gasteiger partial charge in [0.25, 0.3) is 0 Å². The minimum atomic E-state index is -0.881. The predicted molar refractivity (Wildman–Crippen MR) is 102 cm³/mol. The highest BCUT2D eigenvalue weighted by atomic mass is 16.3. The molecule has 27 heavy (non-hydrogen) atoms. The second-order valence-corrected chi connectivity index (χ2v) is 8.45. The fourth-order valence-electron chi connectivity index (χ4n) is 4.38. The zero-order valence-corrected chi connectivity index (χ0v) is 15.7. The third-order valence-electron chi connectivity index (χ3n) is 5.76. The smallest absolute Gasteiger partial charge is 0.234 e. The van der Waals surface area contributed by atoms with Gasteiger partial charge in [-0.15, -0.1) is 0 Å². The fraction of sp³-hybridized carbons (Fsp3) is 0.476. The molecule has 6 nitrogen and oxygen atoms in total. The Morgan fingerprint density at radius 3 is 2.78 bits per heavy atom. The van der Waals surface area contributed by atoms with Gasteiger partial charge in [0.2, 0.25) is 11.8 Å². The summed E-state index contributed by atoms with van der Waals surface area (Å²) in [6.07, 6.45) is 3.84. The van der Waals surface area contributed by atoms with Crippen LogP contribution in [0.2, 0.25) is 0 Å². The van der Waals surface area contributed by atoms with Crippen molar-refractivity contribution < 1.29 is 14.7 Å². The molecule has 2 aliphatic heterocycles. The molecule has 2 fully saturated rings. The lowest BCUT2D eigenvalue weighted by atomic mass is 9.76. The van der Waals surface area contributed by atoms with Crippen LogP contribution in [0, 0.1) is 0 Å². The molecule has 142 valence electrons. The zero-order valence-electron chi connectivity index (χ0n) is 15.7. The Hall–Kier alpha value is -2.31. The number of aromatic nitrogens is 1. The van der Waals surface area contributed by atoms with E-state index in [-0.39, 0.29) is 23.3 Å². The molecule has 4 rings (SSSR count). The van der Waals surface area contributed by atoms with Crippen molar-refractivity contribution in [1.82, 2.24) is 15.6 Å². The van der Waals surface area contributed by atoms with Crippen LogP contribution in [0.1, 0.15) is 56.6 Å².